The summed E-state index contributed by atoms with van der Waals surface area (Å²) in [5, 5.41) is 1.07. The molecule has 2 aliphatic heterocycles. The van der Waals surface area contributed by atoms with Crippen LogP contribution < -0.4 is 14.4 Å². The molecule has 33 heavy (non-hydrogen) atoms. The monoisotopic (exact) mass is 447 g/mol. The number of hydrogen-bond acceptors (Lipinski definition) is 6. The van der Waals surface area contributed by atoms with E-state index in [2.05, 4.69) is 25.1 Å². The van der Waals surface area contributed by atoms with Gasteiger partial charge in [-0.25, -0.2) is 4.98 Å². The van der Waals surface area contributed by atoms with Gasteiger partial charge in [0.15, 0.2) is 11.5 Å². The molecule has 1 saturated heterocycles. The Bertz CT molecular complexity index is 1190. The summed E-state index contributed by atoms with van der Waals surface area (Å²) in [6.07, 6.45) is 2.03. The quantitative estimate of drug-likeness (QED) is 0.565. The fourth-order valence-electron chi connectivity index (χ4n) is 4.56. The number of nitrogens with zero attached hydrogens (tertiary/aromatic N) is 3. The number of hydrogen-bond donors (Lipinski definition) is 0. The van der Waals surface area contributed by atoms with Crippen molar-refractivity contribution in [2.24, 2.45) is 0 Å². The van der Waals surface area contributed by atoms with Crippen molar-refractivity contribution in [1.29, 1.82) is 0 Å². The van der Waals surface area contributed by atoms with Gasteiger partial charge in [0.05, 0.1) is 11.6 Å². The molecule has 0 N–H and O–H groups in total. The highest BCUT2D eigenvalue weighted by Crippen LogP contribution is 2.33. The van der Waals surface area contributed by atoms with E-state index in [1.54, 1.807) is 18.2 Å². The van der Waals surface area contributed by atoms with E-state index in [9.17, 15) is 4.79 Å². The molecular formula is C26H29N3O4. The fraction of sp³-hybridized carbons (Fsp3) is 0.385. The fourth-order valence-corrected chi connectivity index (χ4v) is 4.56. The molecule has 0 aliphatic carbocycles. The minimum absolute atomic E-state index is 0.0430. The van der Waals surface area contributed by atoms with Crippen molar-refractivity contribution in [3.8, 4) is 11.5 Å². The molecule has 0 saturated carbocycles. The predicted molar refractivity (Wildman–Crippen MR) is 127 cm³/mol. The summed E-state index contributed by atoms with van der Waals surface area (Å²) in [6, 6.07) is 13.7. The number of aromatic nitrogens is 1. The third-order valence-electron chi connectivity index (χ3n) is 6.24. The predicted octanol–water partition coefficient (Wildman–Crippen LogP) is 4.16. The Balaban J connectivity index is 1.51. The first-order chi connectivity index (χ1) is 16.0. The number of carbonyl (C=O) groups is 1. The Hall–Kier alpha value is -3.32. The molecule has 3 aromatic rings. The van der Waals surface area contributed by atoms with E-state index < -0.39 is 0 Å². The van der Waals surface area contributed by atoms with Crippen molar-refractivity contribution in [2.75, 3.05) is 38.9 Å². The molecular weight excluding hydrogens is 418 g/mol. The average molecular weight is 448 g/mol. The first-order valence-electron chi connectivity index (χ1n) is 11.4. The van der Waals surface area contributed by atoms with Crippen molar-refractivity contribution in [2.45, 2.75) is 32.4 Å². The Labute approximate surface area is 193 Å². The van der Waals surface area contributed by atoms with Crippen LogP contribution in [-0.4, -0.2) is 55.9 Å². The molecule has 7 nitrogen and oxygen atoms in total. The van der Waals surface area contributed by atoms with Gasteiger partial charge in [-0.3, -0.25) is 4.79 Å². The Morgan fingerprint density at radius 1 is 1.12 bits per heavy atom. The van der Waals surface area contributed by atoms with Gasteiger partial charge in [0.25, 0.3) is 5.91 Å². The number of fused-ring (bicyclic) bond motifs is 2. The van der Waals surface area contributed by atoms with Gasteiger partial charge < -0.3 is 24.0 Å². The number of anilines is 1. The van der Waals surface area contributed by atoms with Gasteiger partial charge in [0, 0.05) is 50.3 Å². The lowest BCUT2D eigenvalue weighted by Gasteiger charge is -2.28. The number of amides is 1. The summed E-state index contributed by atoms with van der Waals surface area (Å²) in [5.74, 6) is 2.08. The minimum Gasteiger partial charge on any atom is -0.454 e. The van der Waals surface area contributed by atoms with E-state index in [-0.39, 0.29) is 18.8 Å². The molecule has 3 heterocycles. The number of aryl methyl sites for hydroxylation is 1. The summed E-state index contributed by atoms with van der Waals surface area (Å²) in [7, 11) is 3.97. The summed E-state index contributed by atoms with van der Waals surface area (Å²) in [4.78, 5) is 22.5. The van der Waals surface area contributed by atoms with Gasteiger partial charge in [-0.1, -0.05) is 18.2 Å². The topological polar surface area (TPSA) is 64.1 Å². The second kappa shape index (κ2) is 8.90. The van der Waals surface area contributed by atoms with E-state index in [1.807, 2.05) is 30.0 Å². The zero-order valence-corrected chi connectivity index (χ0v) is 19.3. The van der Waals surface area contributed by atoms with E-state index in [4.69, 9.17) is 19.2 Å². The minimum atomic E-state index is -0.0576. The molecule has 5 rings (SSSR count). The second-order valence-corrected chi connectivity index (χ2v) is 8.90. The van der Waals surface area contributed by atoms with Crippen molar-refractivity contribution in [3.05, 3.63) is 59.2 Å². The largest absolute Gasteiger partial charge is 0.454 e. The molecule has 2 aliphatic rings. The Morgan fingerprint density at radius 2 is 1.97 bits per heavy atom. The third kappa shape index (κ3) is 4.33. The zero-order chi connectivity index (χ0) is 22.9. The SMILES string of the molecule is Cc1cccc2cc(CN(CC3CCCO3)C(=O)c3ccc4c(c3)OCO4)c(N(C)C)nc12. The number of benzene rings is 2. The molecule has 2 aromatic carbocycles. The van der Waals surface area contributed by atoms with Crippen LogP contribution in [-0.2, 0) is 11.3 Å². The number of para-hydroxylation sites is 1. The number of carbonyl (C=O) groups excluding carboxylic acids is 1. The number of ether oxygens (including phenoxy) is 3. The van der Waals surface area contributed by atoms with Crippen LogP contribution in [0.5, 0.6) is 11.5 Å². The van der Waals surface area contributed by atoms with Gasteiger partial charge in [0.1, 0.15) is 5.82 Å². The molecule has 1 atom stereocenters. The Morgan fingerprint density at radius 3 is 2.76 bits per heavy atom. The van der Waals surface area contributed by atoms with E-state index in [0.717, 1.165) is 47.3 Å². The van der Waals surface area contributed by atoms with Crippen molar-refractivity contribution in [3.63, 3.8) is 0 Å². The Kier molecular flexibility index (Phi) is 5.81. The highest BCUT2D eigenvalue weighted by Gasteiger charge is 2.26. The van der Waals surface area contributed by atoms with Crippen LogP contribution in [0.3, 0.4) is 0 Å². The van der Waals surface area contributed by atoms with E-state index in [0.29, 0.717) is 30.2 Å². The maximum absolute atomic E-state index is 13.7. The molecule has 0 spiro atoms. The average Bonchev–Trinajstić information content (AvgIpc) is 3.49. The van der Waals surface area contributed by atoms with Crippen LogP contribution >= 0.6 is 0 Å². The number of pyridine rings is 1. The second-order valence-electron chi connectivity index (χ2n) is 8.90. The standard InChI is InChI=1S/C26H29N3O4/c1-17-6-4-7-18-12-20(25(28(2)3)27-24(17)18)14-29(15-21-8-5-11-31-21)26(30)19-9-10-22-23(13-19)33-16-32-22/h4,6-7,9-10,12-13,21H,5,8,11,14-16H2,1-3H3. The van der Waals surface area contributed by atoms with Crippen LogP contribution in [0.25, 0.3) is 10.9 Å². The summed E-state index contributed by atoms with van der Waals surface area (Å²) in [5.41, 5.74) is 3.70. The molecule has 0 radical (unpaired) electrons. The van der Waals surface area contributed by atoms with Gasteiger partial charge >= 0.3 is 0 Å². The molecule has 1 amide bonds. The van der Waals surface area contributed by atoms with Crippen molar-refractivity contribution in [1.82, 2.24) is 9.88 Å². The molecule has 1 fully saturated rings. The van der Waals surface area contributed by atoms with Gasteiger partial charge in [0.2, 0.25) is 6.79 Å². The third-order valence-corrected chi connectivity index (χ3v) is 6.24. The first kappa shape index (κ1) is 21.5. The summed E-state index contributed by atoms with van der Waals surface area (Å²) >= 11 is 0. The molecule has 7 heteroatoms. The lowest BCUT2D eigenvalue weighted by Crippen LogP contribution is -2.37. The normalized spacial score (nSPS) is 16.9. The maximum atomic E-state index is 13.7. The lowest BCUT2D eigenvalue weighted by molar-refractivity contribution is 0.0507. The van der Waals surface area contributed by atoms with E-state index >= 15 is 0 Å². The lowest BCUT2D eigenvalue weighted by atomic mass is 10.1. The van der Waals surface area contributed by atoms with E-state index in [1.165, 1.54) is 0 Å². The molecule has 1 aromatic heterocycles. The van der Waals surface area contributed by atoms with Gasteiger partial charge in [-0.2, -0.15) is 0 Å². The maximum Gasteiger partial charge on any atom is 0.254 e. The van der Waals surface area contributed by atoms with Gasteiger partial charge in [-0.05, 0) is 49.6 Å². The highest BCUT2D eigenvalue weighted by molar-refractivity contribution is 5.95. The highest BCUT2D eigenvalue weighted by atomic mass is 16.7. The van der Waals surface area contributed by atoms with Crippen LogP contribution in [0.15, 0.2) is 42.5 Å². The molecule has 172 valence electrons. The summed E-state index contributed by atoms with van der Waals surface area (Å²) < 4.78 is 16.8. The van der Waals surface area contributed by atoms with Crippen LogP contribution in [0.4, 0.5) is 5.82 Å². The van der Waals surface area contributed by atoms with Crippen LogP contribution in [0.1, 0.15) is 34.3 Å². The zero-order valence-electron chi connectivity index (χ0n) is 19.3. The smallest absolute Gasteiger partial charge is 0.254 e. The molecule has 1 unspecified atom stereocenters. The number of rotatable bonds is 6. The van der Waals surface area contributed by atoms with Crippen LogP contribution in [0.2, 0.25) is 0 Å². The summed E-state index contributed by atoms with van der Waals surface area (Å²) in [6.45, 7) is 3.97. The van der Waals surface area contributed by atoms with Gasteiger partial charge in [-0.15, -0.1) is 0 Å². The van der Waals surface area contributed by atoms with Crippen molar-refractivity contribution >= 4 is 22.6 Å². The van der Waals surface area contributed by atoms with Crippen molar-refractivity contribution < 1.29 is 19.0 Å². The first-order valence-corrected chi connectivity index (χ1v) is 11.4. The van der Waals surface area contributed by atoms with Crippen LogP contribution in [0, 0.1) is 6.92 Å². The molecule has 0 bridgehead atoms.